The van der Waals surface area contributed by atoms with Crippen molar-refractivity contribution in [3.63, 3.8) is 0 Å². The molecule has 0 radical (unpaired) electrons. The van der Waals surface area contributed by atoms with E-state index in [2.05, 4.69) is 4.98 Å². The maximum Gasteiger partial charge on any atom is 0.340 e. The van der Waals surface area contributed by atoms with Crippen LogP contribution < -0.4 is 4.74 Å². The molecular weight excluding hydrogens is 358 g/mol. The molecule has 6 heteroatoms. The highest BCUT2D eigenvalue weighted by atomic mass is 16.5. The number of pyridine rings is 1. The quantitative estimate of drug-likeness (QED) is 0.609. The summed E-state index contributed by atoms with van der Waals surface area (Å²) in [7, 11) is 2.90. The first-order valence-corrected chi connectivity index (χ1v) is 8.78. The number of esters is 2. The average Bonchev–Trinajstić information content (AvgIpc) is 2.72. The molecule has 0 saturated heterocycles. The van der Waals surface area contributed by atoms with E-state index in [1.165, 1.54) is 7.11 Å². The molecule has 2 aromatic carbocycles. The van der Waals surface area contributed by atoms with Crippen LogP contribution in [0.4, 0.5) is 0 Å². The van der Waals surface area contributed by atoms with Gasteiger partial charge in [0.05, 0.1) is 37.4 Å². The summed E-state index contributed by atoms with van der Waals surface area (Å²) in [5.41, 5.74) is 3.00. The number of methoxy groups -OCH3 is 2. The Morgan fingerprint density at radius 1 is 1.00 bits per heavy atom. The van der Waals surface area contributed by atoms with Gasteiger partial charge in [-0.1, -0.05) is 30.3 Å². The number of aryl methyl sites for hydroxylation is 1. The van der Waals surface area contributed by atoms with E-state index in [1.54, 1.807) is 31.4 Å². The molecule has 3 rings (SSSR count). The molecule has 0 saturated carbocycles. The summed E-state index contributed by atoms with van der Waals surface area (Å²) in [6.45, 7) is 1.73. The summed E-state index contributed by atoms with van der Waals surface area (Å²) in [5.74, 6) is -0.193. The number of carbonyl (C=O) groups is 2. The number of benzene rings is 2. The second kappa shape index (κ2) is 8.52. The zero-order valence-electron chi connectivity index (χ0n) is 16.0. The van der Waals surface area contributed by atoms with Gasteiger partial charge in [-0.05, 0) is 36.2 Å². The van der Waals surface area contributed by atoms with Gasteiger partial charge in [-0.15, -0.1) is 0 Å². The number of rotatable bonds is 6. The first-order valence-electron chi connectivity index (χ1n) is 8.78. The first-order chi connectivity index (χ1) is 13.5. The molecule has 0 unspecified atom stereocenters. The van der Waals surface area contributed by atoms with E-state index in [4.69, 9.17) is 14.2 Å². The predicted molar refractivity (Wildman–Crippen MR) is 104 cm³/mol. The molecule has 0 aliphatic heterocycles. The second-order valence-corrected chi connectivity index (χ2v) is 6.25. The Morgan fingerprint density at radius 3 is 2.39 bits per heavy atom. The Hall–Kier alpha value is -3.41. The van der Waals surface area contributed by atoms with Crippen LogP contribution >= 0.6 is 0 Å². The molecule has 0 spiro atoms. The fourth-order valence-electron chi connectivity index (χ4n) is 3.03. The number of hydrogen-bond donors (Lipinski definition) is 0. The molecule has 28 heavy (non-hydrogen) atoms. The van der Waals surface area contributed by atoms with Crippen molar-refractivity contribution in [2.75, 3.05) is 14.2 Å². The molecule has 0 fully saturated rings. The van der Waals surface area contributed by atoms with E-state index in [1.807, 2.05) is 31.2 Å². The normalized spacial score (nSPS) is 10.5. The topological polar surface area (TPSA) is 74.7 Å². The van der Waals surface area contributed by atoms with Gasteiger partial charge >= 0.3 is 11.9 Å². The summed E-state index contributed by atoms with van der Waals surface area (Å²) in [6, 6.07) is 14.7. The third-order valence-corrected chi connectivity index (χ3v) is 4.49. The van der Waals surface area contributed by atoms with Crippen LogP contribution in [0.25, 0.3) is 10.9 Å². The smallest absolute Gasteiger partial charge is 0.340 e. The summed E-state index contributed by atoms with van der Waals surface area (Å²) < 4.78 is 15.4. The molecule has 0 amide bonds. The Kier molecular flexibility index (Phi) is 5.89. The van der Waals surface area contributed by atoms with Crippen LogP contribution in [0, 0.1) is 6.92 Å². The van der Waals surface area contributed by atoms with Crippen molar-refractivity contribution >= 4 is 22.8 Å². The van der Waals surface area contributed by atoms with Crippen LogP contribution in [0.3, 0.4) is 0 Å². The number of hydrogen-bond acceptors (Lipinski definition) is 6. The Labute approximate surface area is 163 Å². The lowest BCUT2D eigenvalue weighted by atomic mass is 10.0. The molecule has 0 bridgehead atoms. The van der Waals surface area contributed by atoms with E-state index in [9.17, 15) is 9.59 Å². The Bertz CT molecular complexity index is 1010. The van der Waals surface area contributed by atoms with Crippen molar-refractivity contribution in [2.24, 2.45) is 0 Å². The van der Waals surface area contributed by atoms with E-state index in [-0.39, 0.29) is 13.0 Å². The number of para-hydroxylation sites is 1. The number of nitrogens with zero attached hydrogens (tertiary/aromatic N) is 1. The van der Waals surface area contributed by atoms with Crippen LogP contribution in [0.5, 0.6) is 5.75 Å². The van der Waals surface area contributed by atoms with Crippen LogP contribution in [0.15, 0.2) is 48.5 Å². The summed E-state index contributed by atoms with van der Waals surface area (Å²) >= 11 is 0. The minimum Gasteiger partial charge on any atom is -0.497 e. The van der Waals surface area contributed by atoms with Crippen molar-refractivity contribution in [1.29, 1.82) is 0 Å². The summed E-state index contributed by atoms with van der Waals surface area (Å²) in [4.78, 5) is 29.0. The molecule has 0 aliphatic rings. The molecule has 1 aromatic heterocycles. The molecule has 0 atom stereocenters. The van der Waals surface area contributed by atoms with Gasteiger partial charge in [0.25, 0.3) is 0 Å². The highest BCUT2D eigenvalue weighted by molar-refractivity contribution is 5.98. The third kappa shape index (κ3) is 4.11. The minimum atomic E-state index is -0.503. The van der Waals surface area contributed by atoms with E-state index >= 15 is 0 Å². The van der Waals surface area contributed by atoms with Gasteiger partial charge in [0.1, 0.15) is 12.4 Å². The fourth-order valence-corrected chi connectivity index (χ4v) is 3.03. The van der Waals surface area contributed by atoms with Gasteiger partial charge in [-0.2, -0.15) is 0 Å². The largest absolute Gasteiger partial charge is 0.497 e. The van der Waals surface area contributed by atoms with Crippen LogP contribution in [0.1, 0.15) is 27.2 Å². The minimum absolute atomic E-state index is 0.106. The van der Waals surface area contributed by atoms with Crippen molar-refractivity contribution in [3.8, 4) is 5.75 Å². The first kappa shape index (κ1) is 19.4. The van der Waals surface area contributed by atoms with Crippen molar-refractivity contribution in [2.45, 2.75) is 20.0 Å². The van der Waals surface area contributed by atoms with Gasteiger partial charge in [-0.3, -0.25) is 4.79 Å². The average molecular weight is 379 g/mol. The van der Waals surface area contributed by atoms with Gasteiger partial charge in [0.2, 0.25) is 0 Å². The molecule has 3 aromatic rings. The second-order valence-electron chi connectivity index (χ2n) is 6.25. The predicted octanol–water partition coefficient (Wildman–Crippen LogP) is 3.62. The Balaban J connectivity index is 1.80. The Morgan fingerprint density at radius 2 is 1.71 bits per heavy atom. The van der Waals surface area contributed by atoms with E-state index < -0.39 is 11.9 Å². The lowest BCUT2D eigenvalue weighted by Crippen LogP contribution is -2.14. The monoisotopic (exact) mass is 379 g/mol. The van der Waals surface area contributed by atoms with Gasteiger partial charge in [0, 0.05) is 5.39 Å². The third-order valence-electron chi connectivity index (χ3n) is 4.49. The maximum atomic E-state index is 12.3. The van der Waals surface area contributed by atoms with Crippen molar-refractivity contribution in [3.05, 3.63) is 70.9 Å². The molecular formula is C22H21NO5. The highest BCUT2D eigenvalue weighted by Crippen LogP contribution is 2.24. The van der Waals surface area contributed by atoms with E-state index in [0.717, 1.165) is 27.8 Å². The van der Waals surface area contributed by atoms with E-state index in [0.29, 0.717) is 11.3 Å². The zero-order chi connectivity index (χ0) is 20.1. The van der Waals surface area contributed by atoms with Crippen molar-refractivity contribution < 1.29 is 23.8 Å². The highest BCUT2D eigenvalue weighted by Gasteiger charge is 2.20. The molecule has 6 nitrogen and oxygen atoms in total. The molecule has 144 valence electrons. The molecule has 0 aliphatic carbocycles. The van der Waals surface area contributed by atoms with Gasteiger partial charge in [0.15, 0.2) is 0 Å². The maximum absolute atomic E-state index is 12.3. The lowest BCUT2D eigenvalue weighted by molar-refractivity contribution is -0.144. The number of carbonyl (C=O) groups excluding carboxylic acids is 2. The molecule has 1 heterocycles. The van der Waals surface area contributed by atoms with Crippen LogP contribution in [-0.4, -0.2) is 31.1 Å². The van der Waals surface area contributed by atoms with Gasteiger partial charge < -0.3 is 14.2 Å². The van der Waals surface area contributed by atoms with Crippen LogP contribution in [-0.2, 0) is 27.3 Å². The summed E-state index contributed by atoms with van der Waals surface area (Å²) in [6.07, 6.45) is 0.115. The molecule has 0 N–H and O–H groups in total. The lowest BCUT2D eigenvalue weighted by Gasteiger charge is -2.13. The SMILES string of the molecule is COC(=O)c1c(COC(=O)Cc2ccc(OC)cc2)nc2ccccc2c1C. The number of ether oxygens (including phenoxy) is 3. The van der Waals surface area contributed by atoms with Gasteiger partial charge in [-0.25, -0.2) is 9.78 Å². The number of fused-ring (bicyclic) bond motifs is 1. The zero-order valence-corrected chi connectivity index (χ0v) is 16.0. The standard InChI is InChI=1S/C22H21NO5/c1-14-17-6-4-5-7-18(17)23-19(21(14)22(25)27-3)13-28-20(24)12-15-8-10-16(26-2)11-9-15/h4-11H,12-13H2,1-3H3. The van der Waals surface area contributed by atoms with Crippen LogP contribution in [0.2, 0.25) is 0 Å². The number of aromatic nitrogens is 1. The van der Waals surface area contributed by atoms with Crippen molar-refractivity contribution in [1.82, 2.24) is 4.98 Å². The fraction of sp³-hybridized carbons (Fsp3) is 0.227. The summed E-state index contributed by atoms with van der Waals surface area (Å²) in [5, 5.41) is 0.858.